The molecule has 1 heterocycles. The van der Waals surface area contributed by atoms with E-state index in [0.717, 1.165) is 31.6 Å². The molecule has 0 aromatic heterocycles. The second-order valence-corrected chi connectivity index (χ2v) is 6.43. The Balaban J connectivity index is 1.56. The largest absolute Gasteiger partial charge is 0.415 e. The molecule has 0 N–H and O–H groups in total. The van der Waals surface area contributed by atoms with Crippen LogP contribution in [0.15, 0.2) is 54.6 Å². The number of ether oxygens (including phenoxy) is 1. The molecule has 0 unspecified atom stereocenters. The molecule has 4 heteroatoms. The maximum Gasteiger partial charge on any atom is 0.415 e. The molecule has 0 spiro atoms. The number of hydrogen-bond acceptors (Lipinski definition) is 3. The molecule has 126 valence electrons. The summed E-state index contributed by atoms with van der Waals surface area (Å²) < 4.78 is 5.55. The number of likely N-dealkylation sites (tertiary alicyclic amines) is 1. The van der Waals surface area contributed by atoms with Crippen LogP contribution < -0.4 is 9.64 Å². The molecule has 0 bridgehead atoms. The van der Waals surface area contributed by atoms with Crippen LogP contribution in [0.25, 0.3) is 0 Å². The highest BCUT2D eigenvalue weighted by molar-refractivity contribution is 5.71. The smallest absolute Gasteiger partial charge is 0.410 e. The van der Waals surface area contributed by atoms with Gasteiger partial charge >= 0.3 is 6.09 Å². The number of hydrogen-bond donors (Lipinski definition) is 0. The van der Waals surface area contributed by atoms with Crippen molar-refractivity contribution < 1.29 is 9.53 Å². The van der Waals surface area contributed by atoms with Crippen LogP contribution in [0.2, 0.25) is 0 Å². The summed E-state index contributed by atoms with van der Waals surface area (Å²) in [4.78, 5) is 16.2. The van der Waals surface area contributed by atoms with Gasteiger partial charge in [0.2, 0.25) is 0 Å². The first-order valence-corrected chi connectivity index (χ1v) is 8.42. The van der Waals surface area contributed by atoms with Gasteiger partial charge in [-0.2, -0.15) is 0 Å². The molecular weight excluding hydrogens is 300 g/mol. The number of rotatable bonds is 3. The maximum atomic E-state index is 12.4. The third-order valence-corrected chi connectivity index (χ3v) is 4.56. The highest BCUT2D eigenvalue weighted by Gasteiger charge is 2.25. The zero-order valence-electron chi connectivity index (χ0n) is 14.3. The Hall–Kier alpha value is -2.49. The van der Waals surface area contributed by atoms with Crippen LogP contribution in [0.1, 0.15) is 24.3 Å². The highest BCUT2D eigenvalue weighted by Crippen LogP contribution is 2.28. The second-order valence-electron chi connectivity index (χ2n) is 6.43. The molecule has 4 nitrogen and oxygen atoms in total. The standard InChI is InChI=1S/C20H24N2O2/c1-21(2)18-9-6-10-19(15-18)24-20(23)22-13-11-17(12-14-22)16-7-4-3-5-8-16/h3-10,15,17H,11-14H2,1-2H3. The Morgan fingerprint density at radius 3 is 2.42 bits per heavy atom. The van der Waals surface area contributed by atoms with Crippen molar-refractivity contribution in [3.8, 4) is 5.75 Å². The van der Waals surface area contributed by atoms with E-state index in [1.165, 1.54) is 5.56 Å². The average molecular weight is 324 g/mol. The van der Waals surface area contributed by atoms with Gasteiger partial charge in [0.25, 0.3) is 0 Å². The van der Waals surface area contributed by atoms with E-state index in [1.807, 2.05) is 54.2 Å². The van der Waals surface area contributed by atoms with Crippen molar-refractivity contribution >= 4 is 11.8 Å². The predicted octanol–water partition coefficient (Wildman–Crippen LogP) is 4.13. The number of nitrogens with zero attached hydrogens (tertiary/aromatic N) is 2. The normalized spacial score (nSPS) is 15.2. The summed E-state index contributed by atoms with van der Waals surface area (Å²) in [6.45, 7) is 1.48. The van der Waals surface area contributed by atoms with Crippen molar-refractivity contribution in [2.24, 2.45) is 0 Å². The lowest BCUT2D eigenvalue weighted by Gasteiger charge is -2.31. The maximum absolute atomic E-state index is 12.4. The van der Waals surface area contributed by atoms with Crippen molar-refractivity contribution in [2.45, 2.75) is 18.8 Å². The lowest BCUT2D eigenvalue weighted by Crippen LogP contribution is -2.39. The van der Waals surface area contributed by atoms with Crippen molar-refractivity contribution in [1.29, 1.82) is 0 Å². The highest BCUT2D eigenvalue weighted by atomic mass is 16.6. The van der Waals surface area contributed by atoms with Crippen LogP contribution in [0.3, 0.4) is 0 Å². The van der Waals surface area contributed by atoms with Crippen LogP contribution in [-0.2, 0) is 0 Å². The summed E-state index contributed by atoms with van der Waals surface area (Å²) in [5.74, 6) is 1.13. The topological polar surface area (TPSA) is 32.8 Å². The van der Waals surface area contributed by atoms with E-state index < -0.39 is 0 Å². The molecule has 0 radical (unpaired) electrons. The first-order valence-electron chi connectivity index (χ1n) is 8.42. The summed E-state index contributed by atoms with van der Waals surface area (Å²) in [7, 11) is 3.94. The Labute approximate surface area is 143 Å². The first kappa shape index (κ1) is 16.4. The fourth-order valence-electron chi connectivity index (χ4n) is 3.11. The third-order valence-electron chi connectivity index (χ3n) is 4.56. The fourth-order valence-corrected chi connectivity index (χ4v) is 3.11. The molecule has 1 aliphatic rings. The Morgan fingerprint density at radius 1 is 1.04 bits per heavy atom. The van der Waals surface area contributed by atoms with Crippen molar-refractivity contribution in [3.63, 3.8) is 0 Å². The Kier molecular flexibility index (Phi) is 5.04. The lowest BCUT2D eigenvalue weighted by molar-refractivity contribution is 0.138. The number of amides is 1. The summed E-state index contributed by atoms with van der Waals surface area (Å²) in [6.07, 6.45) is 1.71. The van der Waals surface area contributed by atoms with Crippen molar-refractivity contribution in [3.05, 3.63) is 60.2 Å². The molecule has 2 aromatic rings. The van der Waals surface area contributed by atoms with E-state index in [2.05, 4.69) is 24.3 Å². The molecule has 0 atom stereocenters. The zero-order chi connectivity index (χ0) is 16.9. The van der Waals surface area contributed by atoms with Gasteiger partial charge in [0.1, 0.15) is 5.75 Å². The second kappa shape index (κ2) is 7.39. The zero-order valence-corrected chi connectivity index (χ0v) is 14.3. The van der Waals surface area contributed by atoms with Gasteiger partial charge in [-0.1, -0.05) is 36.4 Å². The van der Waals surface area contributed by atoms with Crippen LogP contribution in [0.5, 0.6) is 5.75 Å². The molecule has 24 heavy (non-hydrogen) atoms. The molecule has 2 aromatic carbocycles. The van der Waals surface area contributed by atoms with Gasteiger partial charge in [-0.3, -0.25) is 0 Å². The van der Waals surface area contributed by atoms with Crippen LogP contribution in [0, 0.1) is 0 Å². The number of anilines is 1. The molecule has 3 rings (SSSR count). The molecule has 0 aliphatic carbocycles. The van der Waals surface area contributed by atoms with Crippen LogP contribution in [0.4, 0.5) is 10.5 Å². The minimum atomic E-state index is -0.252. The first-order chi connectivity index (χ1) is 11.6. The minimum Gasteiger partial charge on any atom is -0.410 e. The predicted molar refractivity (Wildman–Crippen MR) is 96.8 cm³/mol. The molecular formula is C20H24N2O2. The minimum absolute atomic E-state index is 0.252. The van der Waals surface area contributed by atoms with Gasteiger partial charge in [-0.15, -0.1) is 0 Å². The van der Waals surface area contributed by atoms with E-state index in [-0.39, 0.29) is 6.09 Å². The van der Waals surface area contributed by atoms with Gasteiger partial charge in [-0.05, 0) is 36.5 Å². The van der Waals surface area contributed by atoms with Crippen molar-refractivity contribution in [1.82, 2.24) is 4.90 Å². The van der Waals surface area contributed by atoms with Gasteiger partial charge in [-0.25, -0.2) is 4.79 Å². The lowest BCUT2D eigenvalue weighted by atomic mass is 9.90. The third kappa shape index (κ3) is 3.88. The fraction of sp³-hybridized carbons (Fsp3) is 0.350. The van der Waals surface area contributed by atoms with E-state index in [1.54, 1.807) is 0 Å². The Morgan fingerprint density at radius 2 is 1.75 bits per heavy atom. The molecule has 1 aliphatic heterocycles. The number of benzene rings is 2. The summed E-state index contributed by atoms with van der Waals surface area (Å²) >= 11 is 0. The molecule has 1 amide bonds. The van der Waals surface area contributed by atoms with E-state index in [4.69, 9.17) is 4.74 Å². The van der Waals surface area contributed by atoms with Gasteiger partial charge < -0.3 is 14.5 Å². The van der Waals surface area contributed by atoms with Gasteiger partial charge in [0, 0.05) is 38.9 Å². The summed E-state index contributed by atoms with van der Waals surface area (Å²) in [6, 6.07) is 18.1. The van der Waals surface area contributed by atoms with Gasteiger partial charge in [0.05, 0.1) is 0 Å². The average Bonchev–Trinajstić information content (AvgIpc) is 2.63. The quantitative estimate of drug-likeness (QED) is 0.851. The molecule has 1 saturated heterocycles. The van der Waals surface area contributed by atoms with E-state index in [9.17, 15) is 4.79 Å². The van der Waals surface area contributed by atoms with Crippen LogP contribution in [-0.4, -0.2) is 38.2 Å². The Bertz CT molecular complexity index is 677. The van der Waals surface area contributed by atoms with Crippen molar-refractivity contribution in [2.75, 3.05) is 32.1 Å². The van der Waals surface area contributed by atoms with E-state index in [0.29, 0.717) is 11.7 Å². The summed E-state index contributed by atoms with van der Waals surface area (Å²) in [5, 5.41) is 0. The summed E-state index contributed by atoms with van der Waals surface area (Å²) in [5.41, 5.74) is 2.38. The number of carbonyl (C=O) groups excluding carboxylic acids is 1. The van der Waals surface area contributed by atoms with Crippen LogP contribution >= 0.6 is 0 Å². The number of piperidine rings is 1. The van der Waals surface area contributed by atoms with E-state index >= 15 is 0 Å². The SMILES string of the molecule is CN(C)c1cccc(OC(=O)N2CCC(c3ccccc3)CC2)c1. The van der Waals surface area contributed by atoms with Gasteiger partial charge in [0.15, 0.2) is 0 Å². The molecule has 0 saturated carbocycles. The number of carbonyl (C=O) groups is 1. The monoisotopic (exact) mass is 324 g/mol. The molecule has 1 fully saturated rings.